The number of thioether (sulfide) groups is 1. The number of carbonyl (C=O) groups excluding carboxylic acids is 2. The van der Waals surface area contributed by atoms with E-state index in [1.54, 1.807) is 17.8 Å². The molecule has 0 spiro atoms. The Hall–Kier alpha value is -0.0961. The Kier molecular flexibility index (Phi) is 10.8. The molecule has 26 heavy (non-hydrogen) atoms. The van der Waals surface area contributed by atoms with E-state index in [1.807, 2.05) is 19.1 Å². The predicted octanol–water partition coefficient (Wildman–Crippen LogP) is 4.34. The molecule has 7 heteroatoms. The van der Waals surface area contributed by atoms with Gasteiger partial charge in [0.1, 0.15) is 5.75 Å². The van der Waals surface area contributed by atoms with Crippen molar-refractivity contribution in [3.63, 3.8) is 0 Å². The quantitative estimate of drug-likeness (QED) is 0.418. The Morgan fingerprint density at radius 3 is 2.73 bits per heavy atom. The van der Waals surface area contributed by atoms with Crippen LogP contribution in [0.2, 0.25) is 5.02 Å². The second-order valence-corrected chi connectivity index (χ2v) is 7.77. The van der Waals surface area contributed by atoms with Gasteiger partial charge in [0.05, 0.1) is 6.61 Å². The fourth-order valence-electron chi connectivity index (χ4n) is 3.22. The van der Waals surface area contributed by atoms with E-state index in [1.165, 1.54) is 11.8 Å². The Labute approximate surface area is 190 Å². The summed E-state index contributed by atoms with van der Waals surface area (Å²) < 4.78 is 5.90. The maximum absolute atomic E-state index is 12.6. The molecule has 1 aliphatic heterocycles. The van der Waals surface area contributed by atoms with E-state index in [0.717, 1.165) is 30.6 Å². The molecule has 0 saturated carbocycles. The molecule has 0 unspecified atom stereocenters. The number of unbranched alkanes of at least 4 members (excludes halogenated alkanes) is 1. The maximum atomic E-state index is 12.6. The zero-order valence-electron chi connectivity index (χ0n) is 15.4. The third kappa shape index (κ3) is 6.81. The van der Waals surface area contributed by atoms with Crippen molar-refractivity contribution < 1.29 is 47.0 Å². The van der Waals surface area contributed by atoms with Crippen molar-refractivity contribution in [3.8, 4) is 5.75 Å². The monoisotopic (exact) mass is 471 g/mol. The molecule has 1 aromatic rings. The number of rotatable bonds is 8. The standard InChI is InChI=1S/C19H25ClNO3S.Y/c1-13-8-16(20)10-17(9-13)24-12-15-11-21(14(2)22)19(23)18(15)6-4-5-7-25-3;/h8-10,15,18H,3-7,11-12H2,1-2H3;/q-1;/t15-,18-;/m1./s1. The maximum Gasteiger partial charge on any atom is 0.232 e. The molecule has 0 bridgehead atoms. The molecule has 2 atom stereocenters. The zero-order chi connectivity index (χ0) is 18.4. The normalized spacial score (nSPS) is 19.4. The van der Waals surface area contributed by atoms with E-state index < -0.39 is 0 Å². The first-order chi connectivity index (χ1) is 11.9. The molecule has 1 aliphatic rings. The summed E-state index contributed by atoms with van der Waals surface area (Å²) >= 11 is 7.63. The summed E-state index contributed by atoms with van der Waals surface area (Å²) in [6.45, 7) is 4.24. The molecule has 0 aliphatic carbocycles. The summed E-state index contributed by atoms with van der Waals surface area (Å²) in [4.78, 5) is 25.6. The largest absolute Gasteiger partial charge is 0.493 e. The summed E-state index contributed by atoms with van der Waals surface area (Å²) in [6.07, 6.45) is 6.53. The van der Waals surface area contributed by atoms with Crippen LogP contribution in [-0.2, 0) is 42.3 Å². The van der Waals surface area contributed by atoms with Crippen LogP contribution in [0.25, 0.3) is 0 Å². The van der Waals surface area contributed by atoms with Crippen LogP contribution in [0.15, 0.2) is 18.2 Å². The molecule has 1 radical (unpaired) electrons. The number of imide groups is 1. The summed E-state index contributed by atoms with van der Waals surface area (Å²) in [5, 5.41) is 0.630. The molecule has 1 fully saturated rings. The van der Waals surface area contributed by atoms with E-state index in [2.05, 4.69) is 6.26 Å². The first-order valence-corrected chi connectivity index (χ1v) is 10.0. The molecule has 4 nitrogen and oxygen atoms in total. The van der Waals surface area contributed by atoms with Crippen molar-refractivity contribution in [1.29, 1.82) is 0 Å². The summed E-state index contributed by atoms with van der Waals surface area (Å²) in [5.41, 5.74) is 1.03. The predicted molar refractivity (Wildman–Crippen MR) is 103 cm³/mol. The number of likely N-dealkylation sites (tertiary alicyclic amines) is 1. The van der Waals surface area contributed by atoms with Crippen LogP contribution in [0, 0.1) is 25.0 Å². The summed E-state index contributed by atoms with van der Waals surface area (Å²) in [5.74, 6) is 1.29. The van der Waals surface area contributed by atoms with Gasteiger partial charge in [-0.05, 0) is 49.3 Å². The number of carbonyl (C=O) groups is 2. The Morgan fingerprint density at radius 2 is 2.12 bits per heavy atom. The van der Waals surface area contributed by atoms with E-state index in [9.17, 15) is 9.59 Å². The molecular formula is C19H25ClNO3SY-. The van der Waals surface area contributed by atoms with Gasteiger partial charge in [0.15, 0.2) is 0 Å². The fourth-order valence-corrected chi connectivity index (χ4v) is 3.91. The van der Waals surface area contributed by atoms with E-state index >= 15 is 0 Å². The van der Waals surface area contributed by atoms with Crippen LogP contribution in [0.3, 0.4) is 0 Å². The molecule has 141 valence electrons. The van der Waals surface area contributed by atoms with Crippen LogP contribution in [0.4, 0.5) is 0 Å². The first kappa shape index (κ1) is 23.9. The fraction of sp³-hybridized carbons (Fsp3) is 0.526. The average molecular weight is 472 g/mol. The number of ether oxygens (including phenoxy) is 1. The van der Waals surface area contributed by atoms with Gasteiger partial charge in [-0.2, -0.15) is 0 Å². The molecule has 2 amide bonds. The second kappa shape index (κ2) is 11.7. The summed E-state index contributed by atoms with van der Waals surface area (Å²) in [6, 6.07) is 5.56. The number of hydrogen-bond donors (Lipinski definition) is 0. The average Bonchev–Trinajstić information content (AvgIpc) is 2.85. The molecule has 2 rings (SSSR count). The van der Waals surface area contributed by atoms with Gasteiger partial charge in [0, 0.05) is 63.0 Å². The van der Waals surface area contributed by atoms with Gasteiger partial charge >= 0.3 is 0 Å². The first-order valence-electron chi connectivity index (χ1n) is 8.51. The smallest absolute Gasteiger partial charge is 0.232 e. The SMILES string of the molecule is [CH2-]SCCCC[C@H]1C(=O)N(C(C)=O)C[C@@H]1COc1cc(C)cc(Cl)c1.[Y]. The van der Waals surface area contributed by atoms with Crippen LogP contribution in [0.5, 0.6) is 5.75 Å². The Bertz CT molecular complexity index is 609. The van der Waals surface area contributed by atoms with Crippen LogP contribution >= 0.6 is 23.4 Å². The van der Waals surface area contributed by atoms with Crippen molar-refractivity contribution in [2.24, 2.45) is 11.8 Å². The van der Waals surface area contributed by atoms with Crippen LogP contribution in [-0.4, -0.2) is 35.6 Å². The topological polar surface area (TPSA) is 46.6 Å². The second-order valence-electron chi connectivity index (χ2n) is 6.51. The molecular weight excluding hydrogens is 447 g/mol. The van der Waals surface area contributed by atoms with Crippen molar-refractivity contribution in [2.75, 3.05) is 18.9 Å². The van der Waals surface area contributed by atoms with Crippen LogP contribution in [0.1, 0.15) is 31.7 Å². The van der Waals surface area contributed by atoms with E-state index in [-0.39, 0.29) is 56.4 Å². The van der Waals surface area contributed by atoms with Gasteiger partial charge in [-0.1, -0.05) is 18.0 Å². The molecule has 1 aromatic carbocycles. The molecule has 1 heterocycles. The van der Waals surface area contributed by atoms with E-state index in [4.69, 9.17) is 16.3 Å². The minimum absolute atomic E-state index is 0. The third-order valence-electron chi connectivity index (χ3n) is 4.48. The number of hydrogen-bond acceptors (Lipinski definition) is 4. The van der Waals surface area contributed by atoms with Crippen molar-refractivity contribution in [3.05, 3.63) is 35.0 Å². The van der Waals surface area contributed by atoms with Gasteiger partial charge in [0.2, 0.25) is 11.8 Å². The third-order valence-corrected chi connectivity index (χ3v) is 5.28. The van der Waals surface area contributed by atoms with Gasteiger partial charge in [-0.3, -0.25) is 20.7 Å². The van der Waals surface area contributed by atoms with Gasteiger partial charge in [0.25, 0.3) is 0 Å². The number of benzene rings is 1. The van der Waals surface area contributed by atoms with Crippen LogP contribution < -0.4 is 4.74 Å². The van der Waals surface area contributed by atoms with Gasteiger partial charge < -0.3 is 16.5 Å². The van der Waals surface area contributed by atoms with Crippen molar-refractivity contribution in [2.45, 2.75) is 33.1 Å². The molecule has 0 N–H and O–H groups in total. The number of aryl methyl sites for hydroxylation is 1. The number of amides is 2. The number of halogens is 1. The molecule has 1 saturated heterocycles. The Balaban J connectivity index is 0.00000338. The van der Waals surface area contributed by atoms with Gasteiger partial charge in [-0.15, -0.1) is 0 Å². The van der Waals surface area contributed by atoms with E-state index in [0.29, 0.717) is 23.9 Å². The minimum Gasteiger partial charge on any atom is -0.493 e. The zero-order valence-corrected chi connectivity index (χ0v) is 19.8. The molecule has 0 aromatic heterocycles. The number of nitrogens with zero attached hydrogens (tertiary/aromatic N) is 1. The summed E-state index contributed by atoms with van der Waals surface area (Å²) in [7, 11) is 0. The minimum atomic E-state index is -0.190. The Morgan fingerprint density at radius 1 is 1.38 bits per heavy atom. The van der Waals surface area contributed by atoms with Gasteiger partial charge in [-0.25, -0.2) is 0 Å². The van der Waals surface area contributed by atoms with Crippen molar-refractivity contribution in [1.82, 2.24) is 4.90 Å². The van der Waals surface area contributed by atoms with Crippen molar-refractivity contribution >= 4 is 35.2 Å².